The smallest absolute Gasteiger partial charge is 0.246 e. The maximum Gasteiger partial charge on any atom is 0.246 e. The molecule has 29 heavy (non-hydrogen) atoms. The third kappa shape index (κ3) is 6.89. The number of anilines is 1. The lowest BCUT2D eigenvalue weighted by molar-refractivity contribution is -0.116. The Hall–Kier alpha value is -2.89. The number of carbonyl (C=O) groups excluding carboxylic acids is 1. The van der Waals surface area contributed by atoms with E-state index in [-0.39, 0.29) is 36.4 Å². The molecule has 1 aromatic carbocycles. The topological polar surface area (TPSA) is 101 Å². The SMILES string of the molecule is CN=C(NCc1cccc(NC(=O)Cn2cccn2)c1)NCc1ccnn1C.I. The fourth-order valence-electron chi connectivity index (χ4n) is 2.66. The lowest BCUT2D eigenvalue weighted by Gasteiger charge is -2.13. The summed E-state index contributed by atoms with van der Waals surface area (Å²) in [5, 5.41) is 17.6. The first-order valence-corrected chi connectivity index (χ1v) is 8.91. The molecule has 0 fully saturated rings. The predicted molar refractivity (Wildman–Crippen MR) is 123 cm³/mol. The highest BCUT2D eigenvalue weighted by atomic mass is 127. The molecule has 154 valence electrons. The molecule has 3 rings (SSSR count). The largest absolute Gasteiger partial charge is 0.352 e. The van der Waals surface area contributed by atoms with E-state index in [2.05, 4.69) is 31.1 Å². The van der Waals surface area contributed by atoms with Crippen LogP contribution in [-0.4, -0.2) is 38.5 Å². The average Bonchev–Trinajstić information content (AvgIpc) is 3.34. The summed E-state index contributed by atoms with van der Waals surface area (Å²) in [6.07, 6.45) is 5.16. The standard InChI is InChI=1S/C19H24N8O.HI/c1-20-19(22-13-17-7-9-23-26(17)2)21-12-15-5-3-6-16(11-15)25-18(28)14-27-10-4-8-24-27;/h3-11H,12-14H2,1-2H3,(H,25,28)(H2,20,21,22);1H. The highest BCUT2D eigenvalue weighted by molar-refractivity contribution is 14.0. The van der Waals surface area contributed by atoms with Gasteiger partial charge < -0.3 is 16.0 Å². The molecule has 0 bridgehead atoms. The molecule has 3 aromatic rings. The van der Waals surface area contributed by atoms with Crippen LogP contribution in [0.25, 0.3) is 0 Å². The van der Waals surface area contributed by atoms with Crippen LogP contribution >= 0.6 is 24.0 Å². The number of guanidine groups is 1. The fourth-order valence-corrected chi connectivity index (χ4v) is 2.66. The molecule has 1 amide bonds. The van der Waals surface area contributed by atoms with Crippen LogP contribution in [0, 0.1) is 0 Å². The first-order chi connectivity index (χ1) is 13.6. The summed E-state index contributed by atoms with van der Waals surface area (Å²) < 4.78 is 3.40. The highest BCUT2D eigenvalue weighted by Gasteiger charge is 2.05. The van der Waals surface area contributed by atoms with Crippen molar-refractivity contribution in [1.82, 2.24) is 30.2 Å². The molecule has 0 saturated carbocycles. The van der Waals surface area contributed by atoms with Crippen molar-refractivity contribution >= 4 is 41.5 Å². The number of hydrogen-bond donors (Lipinski definition) is 3. The molecule has 0 aliphatic carbocycles. The second kappa shape index (κ2) is 11.2. The Bertz CT molecular complexity index is 935. The summed E-state index contributed by atoms with van der Waals surface area (Å²) in [6.45, 7) is 1.38. The minimum absolute atomic E-state index is 0. The first kappa shape index (κ1) is 22.4. The van der Waals surface area contributed by atoms with Crippen molar-refractivity contribution in [1.29, 1.82) is 0 Å². The number of carbonyl (C=O) groups is 1. The van der Waals surface area contributed by atoms with Crippen molar-refractivity contribution in [2.45, 2.75) is 19.6 Å². The number of rotatable bonds is 7. The van der Waals surface area contributed by atoms with E-state index in [1.807, 2.05) is 42.1 Å². The second-order valence-corrected chi connectivity index (χ2v) is 6.18. The molecule has 2 aromatic heterocycles. The van der Waals surface area contributed by atoms with Gasteiger partial charge in [-0.15, -0.1) is 24.0 Å². The van der Waals surface area contributed by atoms with Crippen molar-refractivity contribution in [3.63, 3.8) is 0 Å². The number of aryl methyl sites for hydroxylation is 1. The molecule has 3 N–H and O–H groups in total. The summed E-state index contributed by atoms with van der Waals surface area (Å²) in [4.78, 5) is 16.3. The summed E-state index contributed by atoms with van der Waals surface area (Å²) in [7, 11) is 3.63. The van der Waals surface area contributed by atoms with Crippen LogP contribution in [0.1, 0.15) is 11.3 Å². The monoisotopic (exact) mass is 508 g/mol. The molecule has 0 radical (unpaired) electrons. The number of hydrogen-bond acceptors (Lipinski definition) is 4. The van der Waals surface area contributed by atoms with Crippen LogP contribution < -0.4 is 16.0 Å². The molecule has 0 aliphatic heterocycles. The predicted octanol–water partition coefficient (Wildman–Crippen LogP) is 1.74. The Labute approximate surface area is 186 Å². The second-order valence-electron chi connectivity index (χ2n) is 6.18. The van der Waals surface area contributed by atoms with E-state index in [1.54, 1.807) is 36.4 Å². The Morgan fingerprint density at radius 1 is 1.10 bits per heavy atom. The molecule has 10 heteroatoms. The zero-order valence-corrected chi connectivity index (χ0v) is 18.7. The Morgan fingerprint density at radius 3 is 2.62 bits per heavy atom. The van der Waals surface area contributed by atoms with Crippen LogP contribution in [0.2, 0.25) is 0 Å². The van der Waals surface area contributed by atoms with Crippen molar-refractivity contribution in [2.24, 2.45) is 12.0 Å². The number of nitrogens with zero attached hydrogens (tertiary/aromatic N) is 5. The van der Waals surface area contributed by atoms with Gasteiger partial charge in [-0.05, 0) is 29.8 Å². The molecule has 0 saturated heterocycles. The molecule has 0 atom stereocenters. The summed E-state index contributed by atoms with van der Waals surface area (Å²) in [6, 6.07) is 11.4. The summed E-state index contributed by atoms with van der Waals surface area (Å²) in [5.41, 5.74) is 2.83. The number of aliphatic imine (C=N–C) groups is 1. The zero-order valence-electron chi connectivity index (χ0n) is 16.4. The normalized spacial score (nSPS) is 10.9. The van der Waals surface area contributed by atoms with Crippen LogP contribution in [0.5, 0.6) is 0 Å². The first-order valence-electron chi connectivity index (χ1n) is 8.91. The molecule has 0 spiro atoms. The van der Waals surface area contributed by atoms with E-state index in [1.165, 1.54) is 0 Å². The molecule has 0 unspecified atom stereocenters. The summed E-state index contributed by atoms with van der Waals surface area (Å²) >= 11 is 0. The van der Waals surface area contributed by atoms with Crippen LogP contribution in [0.4, 0.5) is 5.69 Å². The number of aromatic nitrogens is 4. The Balaban J connectivity index is 0.00000300. The van der Waals surface area contributed by atoms with E-state index < -0.39 is 0 Å². The van der Waals surface area contributed by atoms with E-state index in [9.17, 15) is 4.79 Å². The van der Waals surface area contributed by atoms with Crippen LogP contribution in [0.3, 0.4) is 0 Å². The maximum atomic E-state index is 12.1. The van der Waals surface area contributed by atoms with Gasteiger partial charge in [0.1, 0.15) is 6.54 Å². The minimum atomic E-state index is -0.123. The third-order valence-corrected chi connectivity index (χ3v) is 4.12. The lowest BCUT2D eigenvalue weighted by atomic mass is 10.2. The van der Waals surface area contributed by atoms with Crippen molar-refractivity contribution in [3.8, 4) is 0 Å². The number of benzene rings is 1. The van der Waals surface area contributed by atoms with Gasteiger partial charge in [0.2, 0.25) is 5.91 Å². The van der Waals surface area contributed by atoms with Gasteiger partial charge in [-0.2, -0.15) is 10.2 Å². The van der Waals surface area contributed by atoms with E-state index in [4.69, 9.17) is 0 Å². The third-order valence-electron chi connectivity index (χ3n) is 4.12. The van der Waals surface area contributed by atoms with Crippen LogP contribution in [-0.2, 0) is 31.5 Å². The van der Waals surface area contributed by atoms with Gasteiger partial charge in [-0.25, -0.2) is 0 Å². The van der Waals surface area contributed by atoms with Crippen molar-refractivity contribution in [3.05, 3.63) is 66.2 Å². The highest BCUT2D eigenvalue weighted by Crippen LogP contribution is 2.10. The van der Waals surface area contributed by atoms with Gasteiger partial charge in [0.05, 0.1) is 12.2 Å². The van der Waals surface area contributed by atoms with E-state index in [0.29, 0.717) is 19.0 Å². The van der Waals surface area contributed by atoms with Crippen LogP contribution in [0.15, 0.2) is 60.0 Å². The quantitative estimate of drug-likeness (QED) is 0.257. The van der Waals surface area contributed by atoms with Gasteiger partial charge in [0.15, 0.2) is 5.96 Å². The van der Waals surface area contributed by atoms with Gasteiger partial charge in [0.25, 0.3) is 0 Å². The van der Waals surface area contributed by atoms with Crippen molar-refractivity contribution < 1.29 is 4.79 Å². The van der Waals surface area contributed by atoms with Crippen molar-refractivity contribution in [2.75, 3.05) is 12.4 Å². The van der Waals surface area contributed by atoms with Gasteiger partial charge in [-0.3, -0.25) is 19.2 Å². The molecular weight excluding hydrogens is 483 g/mol. The minimum Gasteiger partial charge on any atom is -0.352 e. The number of nitrogens with one attached hydrogen (secondary N) is 3. The molecular formula is C19H25IN8O. The zero-order chi connectivity index (χ0) is 19.8. The lowest BCUT2D eigenvalue weighted by Crippen LogP contribution is -2.36. The fraction of sp³-hybridized carbons (Fsp3) is 0.263. The number of halogens is 1. The summed E-state index contributed by atoms with van der Waals surface area (Å²) in [5.74, 6) is 0.566. The van der Waals surface area contributed by atoms with Gasteiger partial charge >= 0.3 is 0 Å². The maximum absolute atomic E-state index is 12.1. The molecule has 2 heterocycles. The number of amides is 1. The Morgan fingerprint density at radius 2 is 1.93 bits per heavy atom. The van der Waals surface area contributed by atoms with E-state index >= 15 is 0 Å². The van der Waals surface area contributed by atoms with Gasteiger partial charge in [0, 0.05) is 44.9 Å². The van der Waals surface area contributed by atoms with Gasteiger partial charge in [-0.1, -0.05) is 12.1 Å². The molecule has 9 nitrogen and oxygen atoms in total. The Kier molecular flexibility index (Phi) is 8.65. The molecule has 0 aliphatic rings. The average molecular weight is 508 g/mol. The van der Waals surface area contributed by atoms with E-state index in [0.717, 1.165) is 16.9 Å².